The maximum atomic E-state index is 6.63. The van der Waals surface area contributed by atoms with Gasteiger partial charge in [-0.05, 0) is 35.4 Å². The first-order valence-corrected chi connectivity index (χ1v) is 18.7. The lowest BCUT2D eigenvalue weighted by molar-refractivity contribution is 0.665. The molecule has 0 saturated carbocycles. The van der Waals surface area contributed by atoms with Crippen molar-refractivity contribution in [2.45, 2.75) is 0 Å². The van der Waals surface area contributed by atoms with E-state index in [1.54, 1.807) is 0 Å². The van der Waals surface area contributed by atoms with Gasteiger partial charge in [0.1, 0.15) is 61.6 Å². The van der Waals surface area contributed by atoms with E-state index >= 15 is 0 Å². The van der Waals surface area contributed by atoms with Crippen LogP contribution in [0.5, 0.6) is 0 Å². The van der Waals surface area contributed by atoms with Crippen LogP contribution in [0, 0.1) is 0 Å². The van der Waals surface area contributed by atoms with Crippen LogP contribution in [0.25, 0.3) is 100 Å². The number of hydrogen-bond acceptors (Lipinski definition) is 5. The number of aromatic nitrogens is 3. The summed E-state index contributed by atoms with van der Waals surface area (Å²) < 4.78 is 13.1. The van der Waals surface area contributed by atoms with Crippen LogP contribution in [-0.2, 0) is 0 Å². The highest BCUT2D eigenvalue weighted by Gasteiger charge is 2.20. The molecule has 0 aliphatic rings. The average molecular weight is 701 g/mol. The minimum Gasteiger partial charge on any atom is -0.455 e. The van der Waals surface area contributed by atoms with Gasteiger partial charge in [0.2, 0.25) is 0 Å². The first-order chi connectivity index (χ1) is 26.8. The van der Waals surface area contributed by atoms with Gasteiger partial charge in [0.15, 0.2) is 17.5 Å². The van der Waals surface area contributed by atoms with E-state index in [0.717, 1.165) is 71.7 Å². The molecule has 0 N–H and O–H groups in total. The van der Waals surface area contributed by atoms with Crippen LogP contribution in [0.4, 0.5) is 0 Å². The Morgan fingerprint density at radius 1 is 0.345 bits per heavy atom. The van der Waals surface area contributed by atoms with E-state index < -0.39 is 0 Å². The third kappa shape index (κ3) is 5.35. The molecule has 3 heterocycles. The maximum Gasteiger partial charge on any atom is 0.164 e. The zero-order valence-electron chi connectivity index (χ0n) is 31.4. The number of furan rings is 2. The Bertz CT molecular complexity index is 3130. The third-order valence-electron chi connectivity index (χ3n) is 11.5. The summed E-state index contributed by atoms with van der Waals surface area (Å²) in [5, 5.41) is 4.20. The van der Waals surface area contributed by atoms with Crippen molar-refractivity contribution in [2.24, 2.45) is 0 Å². The molecule has 0 radical (unpaired) electrons. The first kappa shape index (κ1) is 33.1. The van der Waals surface area contributed by atoms with Gasteiger partial charge in [0, 0.05) is 49.4 Å². The van der Waals surface area contributed by atoms with Crippen LogP contribution < -0.4 is 27.3 Å². The number of nitrogens with zero attached hydrogens (tertiary/aromatic N) is 3. The molecule has 0 fully saturated rings. The molecule has 3 aromatic heterocycles. The summed E-state index contributed by atoms with van der Waals surface area (Å²) in [5.74, 6) is 1.85. The second kappa shape index (κ2) is 12.8. The maximum absolute atomic E-state index is 6.63. The minimum absolute atomic E-state index is 0.601. The Morgan fingerprint density at radius 2 is 0.800 bits per heavy atom. The number of para-hydroxylation sites is 3. The van der Waals surface area contributed by atoms with Crippen molar-refractivity contribution >= 4 is 110 Å². The summed E-state index contributed by atoms with van der Waals surface area (Å²) in [5.41, 5.74) is 17.2. The van der Waals surface area contributed by atoms with Gasteiger partial charge < -0.3 is 8.83 Å². The second-order valence-electron chi connectivity index (χ2n) is 14.5. The van der Waals surface area contributed by atoms with Gasteiger partial charge in [-0.3, -0.25) is 0 Å². The van der Waals surface area contributed by atoms with E-state index in [-0.39, 0.29) is 0 Å². The normalized spacial score (nSPS) is 11.6. The monoisotopic (exact) mass is 701 g/mol. The van der Waals surface area contributed by atoms with E-state index in [2.05, 4.69) is 112 Å². The summed E-state index contributed by atoms with van der Waals surface area (Å²) >= 11 is 0. The topological polar surface area (TPSA) is 65.0 Å². The van der Waals surface area contributed by atoms with Crippen LogP contribution in [0.2, 0.25) is 0 Å². The molecule has 10 heteroatoms. The highest BCUT2D eigenvalue weighted by molar-refractivity contribution is 6.68. The molecular weight excluding hydrogens is 669 g/mol. The van der Waals surface area contributed by atoms with Gasteiger partial charge in [0.25, 0.3) is 0 Å². The summed E-state index contributed by atoms with van der Waals surface area (Å²) in [6.07, 6.45) is 0. The second-order valence-corrected chi connectivity index (χ2v) is 14.5. The van der Waals surface area contributed by atoms with Gasteiger partial charge in [0.05, 0.1) is 0 Å². The summed E-state index contributed by atoms with van der Waals surface area (Å²) in [6.45, 7) is 0. The molecule has 0 amide bonds. The number of hydrogen-bond donors (Lipinski definition) is 0. The van der Waals surface area contributed by atoms with Crippen LogP contribution >= 0.6 is 0 Å². The molecule has 0 aliphatic carbocycles. The molecule has 7 aromatic carbocycles. The Kier molecular flexibility index (Phi) is 7.70. The number of rotatable bonds is 5. The molecule has 10 aromatic rings. The van der Waals surface area contributed by atoms with Gasteiger partial charge >= 0.3 is 0 Å². The predicted molar refractivity (Wildman–Crippen MR) is 242 cm³/mol. The molecule has 0 aliphatic heterocycles. The zero-order valence-corrected chi connectivity index (χ0v) is 31.4. The van der Waals surface area contributed by atoms with E-state index in [1.807, 2.05) is 60.7 Å². The van der Waals surface area contributed by atoms with Crippen molar-refractivity contribution in [1.82, 2.24) is 15.0 Å². The fraction of sp³-hybridized carbons (Fsp3) is 0. The van der Waals surface area contributed by atoms with Gasteiger partial charge in [-0.15, -0.1) is 16.4 Å². The fourth-order valence-electron chi connectivity index (χ4n) is 8.18. The van der Waals surface area contributed by atoms with Gasteiger partial charge in [-0.1, -0.05) is 120 Å². The van der Waals surface area contributed by atoms with Crippen molar-refractivity contribution in [3.05, 3.63) is 133 Å². The largest absolute Gasteiger partial charge is 0.455 e. The Balaban J connectivity index is 1.10. The molecule has 55 heavy (non-hydrogen) atoms. The molecule has 0 saturated heterocycles. The molecule has 254 valence electrons. The van der Waals surface area contributed by atoms with Crippen LogP contribution in [0.3, 0.4) is 0 Å². The third-order valence-corrected chi connectivity index (χ3v) is 11.5. The predicted octanol–water partition coefficient (Wildman–Crippen LogP) is 3.30. The smallest absolute Gasteiger partial charge is 0.164 e. The Labute approximate surface area is 322 Å². The van der Waals surface area contributed by atoms with E-state index in [4.69, 9.17) is 23.8 Å². The number of benzene rings is 7. The van der Waals surface area contributed by atoms with Gasteiger partial charge in [-0.25, -0.2) is 15.0 Å². The standard InChI is InChI=1S/C45H32B5N3O2/c46-36-35(37(47)39(49)40(50)38(36)48)23-16-18-25(19-17-23)44-51-43(24-8-2-1-3-9-24)52-45(53-44)26-20-21-34-32(22-26)31-14-7-13-30(42(31)55-34)29-12-6-11-28-27-10-4-5-15-33(27)54-41(28)29/h1-22H,46-50H2. The van der Waals surface area contributed by atoms with Crippen LogP contribution in [0.1, 0.15) is 0 Å². The molecule has 5 nitrogen and oxygen atoms in total. The average Bonchev–Trinajstić information content (AvgIpc) is 3.81. The SMILES string of the molecule is Bc1c(B)c(B)c(-c2ccc(-c3nc(-c4ccccc4)nc(-c4ccc5oc6c(-c7cccc8c7oc7ccccc78)cccc6c5c4)n3)cc2)c(B)c1B. The van der Waals surface area contributed by atoms with Crippen molar-refractivity contribution in [3.8, 4) is 56.4 Å². The molecule has 0 atom stereocenters. The van der Waals surface area contributed by atoms with E-state index in [1.165, 1.54) is 38.4 Å². The van der Waals surface area contributed by atoms with Crippen LogP contribution in [-0.4, -0.2) is 54.2 Å². The molecule has 0 bridgehead atoms. The van der Waals surface area contributed by atoms with E-state index in [0.29, 0.717) is 17.5 Å². The Hall–Kier alpha value is -6.53. The lowest BCUT2D eigenvalue weighted by Crippen LogP contribution is -2.55. The highest BCUT2D eigenvalue weighted by Crippen LogP contribution is 2.41. The quantitative estimate of drug-likeness (QED) is 0.258. The van der Waals surface area contributed by atoms with Crippen molar-refractivity contribution in [1.29, 1.82) is 0 Å². The highest BCUT2D eigenvalue weighted by atomic mass is 16.3. The fourth-order valence-corrected chi connectivity index (χ4v) is 8.18. The minimum atomic E-state index is 0.601. The zero-order chi connectivity index (χ0) is 37.4. The molecular formula is C45H32B5N3O2. The molecule has 0 spiro atoms. The lowest BCUT2D eigenvalue weighted by atomic mass is 9.59. The lowest BCUT2D eigenvalue weighted by Gasteiger charge is -2.20. The molecule has 10 rings (SSSR count). The Morgan fingerprint density at radius 3 is 1.44 bits per heavy atom. The van der Waals surface area contributed by atoms with Crippen molar-refractivity contribution < 1.29 is 8.83 Å². The first-order valence-electron chi connectivity index (χ1n) is 18.7. The summed E-state index contributed by atoms with van der Waals surface area (Å²) in [6, 6.07) is 45.7. The number of fused-ring (bicyclic) bond motifs is 6. The summed E-state index contributed by atoms with van der Waals surface area (Å²) in [4.78, 5) is 15.2. The molecule has 0 unspecified atom stereocenters. The van der Waals surface area contributed by atoms with Crippen molar-refractivity contribution in [3.63, 3.8) is 0 Å². The van der Waals surface area contributed by atoms with Crippen LogP contribution in [0.15, 0.2) is 142 Å². The van der Waals surface area contributed by atoms with Crippen molar-refractivity contribution in [2.75, 3.05) is 0 Å². The van der Waals surface area contributed by atoms with Gasteiger partial charge in [-0.2, -0.15) is 0 Å². The van der Waals surface area contributed by atoms with E-state index in [9.17, 15) is 0 Å². The summed E-state index contributed by atoms with van der Waals surface area (Å²) in [7, 11) is 11.1.